The van der Waals surface area contributed by atoms with Gasteiger partial charge in [-0.2, -0.15) is 0 Å². The van der Waals surface area contributed by atoms with E-state index in [0.29, 0.717) is 0 Å². The van der Waals surface area contributed by atoms with Crippen LogP contribution < -0.4 is 0 Å². The molecule has 1 aromatic heterocycles. The highest BCUT2D eigenvalue weighted by molar-refractivity contribution is 9.11. The van der Waals surface area contributed by atoms with Gasteiger partial charge in [-0.1, -0.05) is 31.9 Å². The van der Waals surface area contributed by atoms with Crippen LogP contribution in [0.15, 0.2) is 51.7 Å². The van der Waals surface area contributed by atoms with Gasteiger partial charge in [-0.05, 0) is 47.9 Å². The first-order valence-electron chi connectivity index (χ1n) is 4.58. The summed E-state index contributed by atoms with van der Waals surface area (Å²) in [6.07, 6.45) is 4.57. The summed E-state index contributed by atoms with van der Waals surface area (Å²) >= 11 is 6.97. The second-order valence-electron chi connectivity index (χ2n) is 3.31. The number of halogens is 2. The maximum absolute atomic E-state index is 4.00. The monoisotopic (exact) mass is 325 g/mol. The average molecular weight is 327 g/mol. The first kappa shape index (κ1) is 10.8. The fraction of sp³-hybridized carbons (Fsp3) is 0.0833. The van der Waals surface area contributed by atoms with Crippen molar-refractivity contribution in [2.75, 3.05) is 0 Å². The Morgan fingerprint density at radius 3 is 2.07 bits per heavy atom. The zero-order chi connectivity index (χ0) is 10.7. The fourth-order valence-corrected chi connectivity index (χ4v) is 2.84. The van der Waals surface area contributed by atoms with E-state index in [9.17, 15) is 0 Å². The van der Waals surface area contributed by atoms with Crippen LogP contribution in [0.25, 0.3) is 0 Å². The highest BCUT2D eigenvalue weighted by atomic mass is 79.9. The maximum Gasteiger partial charge on any atom is 0.0270 e. The largest absolute Gasteiger partial charge is 0.265 e. The van der Waals surface area contributed by atoms with Crippen molar-refractivity contribution in [3.8, 4) is 0 Å². The minimum Gasteiger partial charge on any atom is -0.265 e. The molecule has 0 aliphatic carbocycles. The highest BCUT2D eigenvalue weighted by Crippen LogP contribution is 2.21. The van der Waals surface area contributed by atoms with E-state index in [2.05, 4.69) is 49.0 Å². The van der Waals surface area contributed by atoms with Crippen molar-refractivity contribution in [3.05, 3.63) is 62.8 Å². The van der Waals surface area contributed by atoms with Gasteiger partial charge in [-0.15, -0.1) is 0 Å². The molecule has 1 heterocycles. The number of hydrogen-bond donors (Lipinski definition) is 0. The van der Waals surface area contributed by atoms with Crippen molar-refractivity contribution in [1.29, 1.82) is 0 Å². The third kappa shape index (κ3) is 3.14. The molecule has 0 bridgehead atoms. The molecule has 0 saturated heterocycles. The molecule has 3 heteroatoms. The average Bonchev–Trinajstić information content (AvgIpc) is 2.17. The zero-order valence-electron chi connectivity index (χ0n) is 7.95. The van der Waals surface area contributed by atoms with Gasteiger partial charge >= 0.3 is 0 Å². The number of rotatable bonds is 2. The molecule has 0 atom stereocenters. The lowest BCUT2D eigenvalue weighted by Gasteiger charge is -2.03. The third-order valence-corrected chi connectivity index (χ3v) is 3.00. The summed E-state index contributed by atoms with van der Waals surface area (Å²) in [4.78, 5) is 4.00. The summed E-state index contributed by atoms with van der Waals surface area (Å²) < 4.78 is 2.20. The quantitative estimate of drug-likeness (QED) is 0.806. The van der Waals surface area contributed by atoms with E-state index >= 15 is 0 Å². The van der Waals surface area contributed by atoms with Gasteiger partial charge in [0.05, 0.1) is 0 Å². The Morgan fingerprint density at radius 1 is 0.867 bits per heavy atom. The molecule has 0 aliphatic heterocycles. The van der Waals surface area contributed by atoms with E-state index in [4.69, 9.17) is 0 Å². The molecule has 0 amide bonds. The second kappa shape index (κ2) is 4.90. The molecule has 0 N–H and O–H groups in total. The Kier molecular flexibility index (Phi) is 3.54. The SMILES string of the molecule is Brc1cc(Br)cc(Cc2ccncc2)c1. The maximum atomic E-state index is 4.00. The van der Waals surface area contributed by atoms with Gasteiger partial charge in [0.2, 0.25) is 0 Å². The first-order chi connectivity index (χ1) is 7.24. The Morgan fingerprint density at radius 2 is 1.47 bits per heavy atom. The van der Waals surface area contributed by atoms with Gasteiger partial charge in [-0.3, -0.25) is 4.98 Å². The summed E-state index contributed by atoms with van der Waals surface area (Å²) in [5, 5.41) is 0. The topological polar surface area (TPSA) is 12.9 Å². The lowest BCUT2D eigenvalue weighted by Crippen LogP contribution is -1.88. The predicted molar refractivity (Wildman–Crippen MR) is 68.9 cm³/mol. The summed E-state index contributed by atoms with van der Waals surface area (Å²) in [6, 6.07) is 10.4. The lowest BCUT2D eigenvalue weighted by molar-refractivity contribution is 1.16. The van der Waals surface area contributed by atoms with Gasteiger partial charge in [0, 0.05) is 21.3 Å². The van der Waals surface area contributed by atoms with E-state index in [1.807, 2.05) is 30.6 Å². The first-order valence-corrected chi connectivity index (χ1v) is 6.16. The molecule has 2 aromatic rings. The van der Waals surface area contributed by atoms with Gasteiger partial charge in [0.15, 0.2) is 0 Å². The zero-order valence-corrected chi connectivity index (χ0v) is 11.1. The molecular weight excluding hydrogens is 318 g/mol. The summed E-state index contributed by atoms with van der Waals surface area (Å²) in [5.41, 5.74) is 2.55. The van der Waals surface area contributed by atoms with E-state index in [1.54, 1.807) is 0 Å². The molecule has 0 unspecified atom stereocenters. The van der Waals surface area contributed by atoms with Gasteiger partial charge in [0.25, 0.3) is 0 Å². The minimum atomic E-state index is 0.931. The van der Waals surface area contributed by atoms with Gasteiger partial charge in [-0.25, -0.2) is 0 Å². The van der Waals surface area contributed by atoms with Crippen LogP contribution >= 0.6 is 31.9 Å². The standard InChI is InChI=1S/C12H9Br2N/c13-11-6-10(7-12(14)8-11)5-9-1-3-15-4-2-9/h1-4,6-8H,5H2. The molecule has 1 aromatic carbocycles. The van der Waals surface area contributed by atoms with Crippen LogP contribution in [0.3, 0.4) is 0 Å². The van der Waals surface area contributed by atoms with Crippen LogP contribution in [0.5, 0.6) is 0 Å². The number of nitrogens with zero attached hydrogens (tertiary/aromatic N) is 1. The van der Waals surface area contributed by atoms with Crippen LogP contribution in [-0.4, -0.2) is 4.98 Å². The smallest absolute Gasteiger partial charge is 0.0270 e. The fourth-order valence-electron chi connectivity index (χ4n) is 1.45. The third-order valence-electron chi connectivity index (χ3n) is 2.08. The molecule has 0 spiro atoms. The highest BCUT2D eigenvalue weighted by Gasteiger charge is 1.99. The molecule has 2 rings (SSSR count). The van der Waals surface area contributed by atoms with Crippen LogP contribution in [0.2, 0.25) is 0 Å². The van der Waals surface area contributed by atoms with E-state index in [-0.39, 0.29) is 0 Å². The lowest BCUT2D eigenvalue weighted by atomic mass is 10.1. The molecule has 1 nitrogen and oxygen atoms in total. The summed E-state index contributed by atoms with van der Waals surface area (Å²) in [5.74, 6) is 0. The molecule has 0 radical (unpaired) electrons. The minimum absolute atomic E-state index is 0.931. The Bertz CT molecular complexity index is 434. The number of benzene rings is 1. The molecular formula is C12H9Br2N. The van der Waals surface area contributed by atoms with Crippen LogP contribution in [0.4, 0.5) is 0 Å². The molecule has 0 saturated carbocycles. The van der Waals surface area contributed by atoms with Crippen molar-refractivity contribution in [3.63, 3.8) is 0 Å². The molecule has 0 aliphatic rings. The van der Waals surface area contributed by atoms with Crippen LogP contribution in [0, 0.1) is 0 Å². The van der Waals surface area contributed by atoms with E-state index < -0.39 is 0 Å². The number of hydrogen-bond acceptors (Lipinski definition) is 1. The van der Waals surface area contributed by atoms with Crippen LogP contribution in [0.1, 0.15) is 11.1 Å². The second-order valence-corrected chi connectivity index (χ2v) is 5.14. The molecule has 15 heavy (non-hydrogen) atoms. The number of pyridine rings is 1. The van der Waals surface area contributed by atoms with Crippen molar-refractivity contribution in [2.24, 2.45) is 0 Å². The van der Waals surface area contributed by atoms with Crippen molar-refractivity contribution >= 4 is 31.9 Å². The Labute approximate surface area is 106 Å². The number of aromatic nitrogens is 1. The van der Waals surface area contributed by atoms with Gasteiger partial charge in [0.1, 0.15) is 0 Å². The summed E-state index contributed by atoms with van der Waals surface area (Å²) in [6.45, 7) is 0. The Hall–Kier alpha value is -0.670. The van der Waals surface area contributed by atoms with Crippen molar-refractivity contribution in [1.82, 2.24) is 4.98 Å². The predicted octanol–water partition coefficient (Wildman–Crippen LogP) is 4.20. The van der Waals surface area contributed by atoms with E-state index in [1.165, 1.54) is 11.1 Å². The van der Waals surface area contributed by atoms with Crippen molar-refractivity contribution in [2.45, 2.75) is 6.42 Å². The van der Waals surface area contributed by atoms with Crippen molar-refractivity contribution < 1.29 is 0 Å². The molecule has 76 valence electrons. The van der Waals surface area contributed by atoms with Crippen LogP contribution in [-0.2, 0) is 6.42 Å². The molecule has 0 fully saturated rings. The van der Waals surface area contributed by atoms with E-state index in [0.717, 1.165) is 15.4 Å². The summed E-state index contributed by atoms with van der Waals surface area (Å²) in [7, 11) is 0. The van der Waals surface area contributed by atoms with Gasteiger partial charge < -0.3 is 0 Å². The Balaban J connectivity index is 2.25. The normalized spacial score (nSPS) is 10.3.